The van der Waals surface area contributed by atoms with Gasteiger partial charge in [-0.1, -0.05) is 27.7 Å². The average molecular weight is 492 g/mol. The van der Waals surface area contributed by atoms with Crippen LogP contribution in [-0.2, 0) is 10.8 Å². The number of hydrogen-bond acceptors (Lipinski definition) is 3. The van der Waals surface area contributed by atoms with Gasteiger partial charge in [-0.15, -0.1) is 0 Å². The number of carboxylic acids is 1. The monoisotopic (exact) mass is 491 g/mol. The molecule has 0 aliphatic heterocycles. The van der Waals surface area contributed by atoms with Crippen molar-refractivity contribution >= 4 is 33.5 Å². The number of aromatic carboxylic acids is 1. The Kier molecular flexibility index (Phi) is 6.20. The zero-order chi connectivity index (χ0) is 23.1. The first kappa shape index (κ1) is 23.3. The molecule has 0 saturated carbocycles. The summed E-state index contributed by atoms with van der Waals surface area (Å²) in [6.07, 6.45) is 3.75. The summed E-state index contributed by atoms with van der Waals surface area (Å²) in [6, 6.07) is 5.12. The van der Waals surface area contributed by atoms with Gasteiger partial charge in [-0.05, 0) is 87.8 Å². The topological polar surface area (TPSA) is 86.6 Å². The molecule has 0 saturated heterocycles. The fourth-order valence-electron chi connectivity index (χ4n) is 4.38. The van der Waals surface area contributed by atoms with E-state index >= 15 is 0 Å². The molecule has 0 bridgehead atoms. The predicted octanol–water partition coefficient (Wildman–Crippen LogP) is 6.37. The van der Waals surface area contributed by atoms with Crippen LogP contribution in [0, 0.1) is 5.82 Å². The van der Waals surface area contributed by atoms with Gasteiger partial charge < -0.3 is 15.5 Å². The van der Waals surface area contributed by atoms with Crippen LogP contribution >= 0.6 is 15.9 Å². The SMILES string of the molecule is CCC1(C)CCC(C)(CC)c2c1cc(C(=O)Nc1ccc(C(=O)O)c(F)c1)c(O)c2Br. The Hall–Kier alpha value is -2.41. The summed E-state index contributed by atoms with van der Waals surface area (Å²) >= 11 is 3.55. The number of aromatic hydroxyl groups is 1. The minimum atomic E-state index is -1.38. The zero-order valence-electron chi connectivity index (χ0n) is 18.1. The van der Waals surface area contributed by atoms with Gasteiger partial charge in [0.1, 0.15) is 11.6 Å². The Labute approximate surface area is 189 Å². The molecule has 1 amide bonds. The Bertz CT molecular complexity index is 1070. The minimum Gasteiger partial charge on any atom is -0.506 e. The van der Waals surface area contributed by atoms with E-state index in [1.54, 1.807) is 6.07 Å². The van der Waals surface area contributed by atoms with Crippen molar-refractivity contribution in [2.45, 2.75) is 64.2 Å². The van der Waals surface area contributed by atoms with Gasteiger partial charge in [0.2, 0.25) is 0 Å². The Morgan fingerprint density at radius 3 is 2.26 bits per heavy atom. The van der Waals surface area contributed by atoms with Crippen LogP contribution in [0.2, 0.25) is 0 Å². The van der Waals surface area contributed by atoms with E-state index < -0.39 is 23.3 Å². The molecule has 166 valence electrons. The maximum atomic E-state index is 14.0. The van der Waals surface area contributed by atoms with Crippen LogP contribution in [0.3, 0.4) is 0 Å². The molecule has 2 atom stereocenters. The van der Waals surface area contributed by atoms with Gasteiger partial charge >= 0.3 is 5.97 Å². The second-order valence-corrected chi connectivity index (χ2v) is 9.58. The molecular formula is C24H27BrFNO4. The number of hydrogen-bond donors (Lipinski definition) is 3. The van der Waals surface area contributed by atoms with Crippen LogP contribution in [0.1, 0.15) is 85.2 Å². The van der Waals surface area contributed by atoms with Crippen molar-refractivity contribution in [1.29, 1.82) is 0 Å². The number of carbonyl (C=O) groups excluding carboxylic acids is 1. The smallest absolute Gasteiger partial charge is 0.338 e. The lowest BCUT2D eigenvalue weighted by atomic mass is 9.59. The van der Waals surface area contributed by atoms with Gasteiger partial charge in [0.25, 0.3) is 5.91 Å². The fraction of sp³-hybridized carbons (Fsp3) is 0.417. The molecule has 3 N–H and O–H groups in total. The number of fused-ring (bicyclic) bond motifs is 1. The summed E-state index contributed by atoms with van der Waals surface area (Å²) in [5.41, 5.74) is 1.54. The second kappa shape index (κ2) is 8.26. The number of benzene rings is 2. The highest BCUT2D eigenvalue weighted by atomic mass is 79.9. The van der Waals surface area contributed by atoms with E-state index in [0.29, 0.717) is 4.47 Å². The van der Waals surface area contributed by atoms with Crippen LogP contribution in [-0.4, -0.2) is 22.1 Å². The maximum Gasteiger partial charge on any atom is 0.338 e. The van der Waals surface area contributed by atoms with Crippen molar-refractivity contribution in [3.63, 3.8) is 0 Å². The predicted molar refractivity (Wildman–Crippen MR) is 122 cm³/mol. The number of amides is 1. The Balaban J connectivity index is 2.08. The molecule has 0 aromatic heterocycles. The number of rotatable bonds is 5. The minimum absolute atomic E-state index is 0.0911. The van der Waals surface area contributed by atoms with Crippen molar-refractivity contribution < 1.29 is 24.2 Å². The van der Waals surface area contributed by atoms with Crippen molar-refractivity contribution in [3.8, 4) is 5.75 Å². The highest BCUT2D eigenvalue weighted by Gasteiger charge is 2.43. The van der Waals surface area contributed by atoms with Gasteiger partial charge in [-0.25, -0.2) is 9.18 Å². The van der Waals surface area contributed by atoms with Crippen molar-refractivity contribution in [2.24, 2.45) is 0 Å². The first-order valence-corrected chi connectivity index (χ1v) is 11.2. The molecule has 1 aliphatic carbocycles. The number of carboxylic acid groups (broad SMARTS) is 1. The van der Waals surface area contributed by atoms with Gasteiger partial charge in [0.05, 0.1) is 15.6 Å². The summed E-state index contributed by atoms with van der Waals surface area (Å²) < 4.78 is 14.5. The number of phenols is 1. The molecule has 0 radical (unpaired) electrons. The summed E-state index contributed by atoms with van der Waals surface area (Å²) in [7, 11) is 0. The lowest BCUT2D eigenvalue weighted by Crippen LogP contribution is -2.37. The highest BCUT2D eigenvalue weighted by Crippen LogP contribution is 2.54. The number of halogens is 2. The molecular weight excluding hydrogens is 465 g/mol. The molecule has 31 heavy (non-hydrogen) atoms. The first-order chi connectivity index (χ1) is 14.5. The molecule has 0 spiro atoms. The number of nitrogens with one attached hydrogen (secondary N) is 1. The molecule has 1 aliphatic rings. The van der Waals surface area contributed by atoms with E-state index in [1.165, 1.54) is 6.07 Å². The largest absolute Gasteiger partial charge is 0.506 e. The third-order valence-corrected chi connectivity index (χ3v) is 7.76. The molecule has 2 unspecified atom stereocenters. The summed E-state index contributed by atoms with van der Waals surface area (Å²) in [6.45, 7) is 8.59. The van der Waals surface area contributed by atoms with Gasteiger partial charge in [-0.3, -0.25) is 4.79 Å². The highest BCUT2D eigenvalue weighted by molar-refractivity contribution is 9.10. The second-order valence-electron chi connectivity index (χ2n) is 8.79. The third kappa shape index (κ3) is 3.95. The lowest BCUT2D eigenvalue weighted by Gasteiger charge is -2.45. The molecule has 0 heterocycles. The van der Waals surface area contributed by atoms with E-state index in [9.17, 15) is 19.1 Å². The Morgan fingerprint density at radius 1 is 1.10 bits per heavy atom. The van der Waals surface area contributed by atoms with E-state index in [4.69, 9.17) is 5.11 Å². The molecule has 2 aromatic carbocycles. The Morgan fingerprint density at radius 2 is 1.71 bits per heavy atom. The fourth-order valence-corrected chi connectivity index (χ4v) is 5.28. The third-order valence-electron chi connectivity index (χ3n) is 6.99. The van der Waals surface area contributed by atoms with Crippen molar-refractivity contribution in [3.05, 3.63) is 56.8 Å². The standard InChI is InChI=1S/C24H27BrFNO4/c1-5-23(3)9-10-24(4,6-2)18-16(23)12-15(20(28)19(18)25)21(29)27-13-7-8-14(22(30)31)17(26)11-13/h7-8,11-12,28H,5-6,9-10H2,1-4H3,(H,27,29)(H,30,31). The van der Waals surface area contributed by atoms with Crippen LogP contribution in [0.15, 0.2) is 28.7 Å². The summed E-state index contributed by atoms with van der Waals surface area (Å²) in [5.74, 6) is -3.08. The average Bonchev–Trinajstić information content (AvgIpc) is 2.72. The summed E-state index contributed by atoms with van der Waals surface area (Å²) in [4.78, 5) is 24.0. The number of phenolic OH excluding ortho intramolecular Hbond substituents is 1. The molecule has 2 aromatic rings. The maximum absolute atomic E-state index is 14.0. The summed E-state index contributed by atoms with van der Waals surface area (Å²) in [5, 5.41) is 22.4. The van der Waals surface area contributed by atoms with Crippen LogP contribution in [0.25, 0.3) is 0 Å². The number of anilines is 1. The molecule has 3 rings (SSSR count). The zero-order valence-corrected chi connectivity index (χ0v) is 19.7. The lowest BCUT2D eigenvalue weighted by molar-refractivity contribution is 0.0691. The van der Waals surface area contributed by atoms with Gasteiger partial charge in [0.15, 0.2) is 0 Å². The molecule has 0 fully saturated rings. The molecule has 7 heteroatoms. The van der Waals surface area contributed by atoms with Gasteiger partial charge in [0, 0.05) is 5.69 Å². The van der Waals surface area contributed by atoms with E-state index in [2.05, 4.69) is 48.9 Å². The van der Waals surface area contributed by atoms with E-state index in [1.807, 2.05) is 0 Å². The van der Waals surface area contributed by atoms with Crippen LogP contribution in [0.4, 0.5) is 10.1 Å². The van der Waals surface area contributed by atoms with Gasteiger partial charge in [-0.2, -0.15) is 0 Å². The van der Waals surface area contributed by atoms with E-state index in [0.717, 1.165) is 48.9 Å². The quantitative estimate of drug-likeness (QED) is 0.453. The first-order valence-electron chi connectivity index (χ1n) is 10.4. The van der Waals surface area contributed by atoms with Crippen LogP contribution in [0.5, 0.6) is 5.75 Å². The molecule has 5 nitrogen and oxygen atoms in total. The van der Waals surface area contributed by atoms with Crippen molar-refractivity contribution in [1.82, 2.24) is 0 Å². The van der Waals surface area contributed by atoms with E-state index in [-0.39, 0.29) is 27.8 Å². The number of carbonyl (C=O) groups is 2. The van der Waals surface area contributed by atoms with Crippen LogP contribution < -0.4 is 5.32 Å². The van der Waals surface area contributed by atoms with Crippen molar-refractivity contribution in [2.75, 3.05) is 5.32 Å². The normalized spacial score (nSPS) is 22.6.